The van der Waals surface area contributed by atoms with E-state index in [0.717, 1.165) is 24.8 Å². The maximum absolute atomic E-state index is 12.4. The zero-order valence-electron chi connectivity index (χ0n) is 17.3. The maximum atomic E-state index is 12.4. The third-order valence-corrected chi connectivity index (χ3v) is 6.37. The predicted octanol–water partition coefficient (Wildman–Crippen LogP) is 3.71. The summed E-state index contributed by atoms with van der Waals surface area (Å²) in [5.41, 5.74) is 2.14. The summed E-state index contributed by atoms with van der Waals surface area (Å²) in [4.78, 5) is 28.1. The monoisotopic (exact) mass is 417 g/mol. The zero-order chi connectivity index (χ0) is 21.0. The van der Waals surface area contributed by atoms with Gasteiger partial charge in [-0.05, 0) is 54.5 Å². The van der Waals surface area contributed by atoms with Gasteiger partial charge in [-0.25, -0.2) is 4.79 Å². The van der Waals surface area contributed by atoms with Crippen molar-refractivity contribution in [3.8, 4) is 11.5 Å². The van der Waals surface area contributed by atoms with E-state index in [1.165, 1.54) is 26.7 Å². The normalized spacial score (nSPS) is 15.4. The Kier molecular flexibility index (Phi) is 6.79. The van der Waals surface area contributed by atoms with Gasteiger partial charge in [0.1, 0.15) is 4.88 Å². The summed E-state index contributed by atoms with van der Waals surface area (Å²) >= 11 is 1.49. The van der Waals surface area contributed by atoms with Crippen molar-refractivity contribution in [1.29, 1.82) is 0 Å². The van der Waals surface area contributed by atoms with Crippen LogP contribution in [0.4, 0.5) is 0 Å². The third kappa shape index (κ3) is 5.09. The van der Waals surface area contributed by atoms with Crippen molar-refractivity contribution in [3.05, 3.63) is 45.1 Å². The Bertz CT molecular complexity index is 891. The lowest BCUT2D eigenvalue weighted by Gasteiger charge is -2.18. The molecule has 1 aliphatic carbocycles. The summed E-state index contributed by atoms with van der Waals surface area (Å²) in [5, 5.41) is 0. The molecule has 7 heteroatoms. The number of carbonyl (C=O) groups excluding carboxylic acids is 2. The van der Waals surface area contributed by atoms with Crippen LogP contribution in [-0.2, 0) is 28.9 Å². The Labute approximate surface area is 175 Å². The number of aryl methyl sites for hydroxylation is 1. The fourth-order valence-electron chi connectivity index (χ4n) is 3.46. The van der Waals surface area contributed by atoms with Crippen LogP contribution in [0, 0.1) is 5.92 Å². The van der Waals surface area contributed by atoms with Gasteiger partial charge in [-0.15, -0.1) is 11.3 Å². The van der Waals surface area contributed by atoms with Crippen LogP contribution in [0.3, 0.4) is 0 Å². The standard InChI is InChI=1S/C22H27NO5S/c1-14-5-8-19-16(9-14)11-20(29-19)22(25)28-13-21(24)23(2)12-15-6-7-17(26-3)18(10-15)27-4/h6-7,10-11,14H,5,8-9,12-13H2,1-4H3/t14-/m1/s1. The smallest absolute Gasteiger partial charge is 0.348 e. The third-order valence-electron chi connectivity index (χ3n) is 5.15. The number of esters is 1. The SMILES string of the molecule is COc1ccc(CN(C)C(=O)COC(=O)c2cc3c(s2)CC[C@@H](C)C3)cc1OC. The first-order valence-corrected chi connectivity index (χ1v) is 10.5. The summed E-state index contributed by atoms with van der Waals surface area (Å²) < 4.78 is 15.8. The van der Waals surface area contributed by atoms with Crippen molar-refractivity contribution < 1.29 is 23.8 Å². The molecular formula is C22H27NO5S. The van der Waals surface area contributed by atoms with Crippen LogP contribution in [0.1, 0.15) is 39.0 Å². The number of rotatable bonds is 7. The van der Waals surface area contributed by atoms with Crippen LogP contribution in [0.15, 0.2) is 24.3 Å². The van der Waals surface area contributed by atoms with Crippen molar-refractivity contribution >= 4 is 23.2 Å². The van der Waals surface area contributed by atoms with Gasteiger partial charge < -0.3 is 19.1 Å². The first-order chi connectivity index (χ1) is 13.9. The molecule has 1 heterocycles. The Morgan fingerprint density at radius 3 is 2.66 bits per heavy atom. The number of ether oxygens (including phenoxy) is 3. The molecule has 2 aromatic rings. The van der Waals surface area contributed by atoms with E-state index in [2.05, 4.69) is 6.92 Å². The van der Waals surface area contributed by atoms with E-state index >= 15 is 0 Å². The quantitative estimate of drug-likeness (QED) is 0.643. The molecule has 1 aromatic carbocycles. The zero-order valence-corrected chi connectivity index (χ0v) is 18.1. The summed E-state index contributed by atoms with van der Waals surface area (Å²) in [7, 11) is 4.82. The van der Waals surface area contributed by atoms with Crippen molar-refractivity contribution in [1.82, 2.24) is 4.90 Å². The number of hydrogen-bond acceptors (Lipinski definition) is 6. The average molecular weight is 418 g/mol. The van der Waals surface area contributed by atoms with Gasteiger partial charge in [-0.2, -0.15) is 0 Å². The number of nitrogens with zero attached hydrogens (tertiary/aromatic N) is 1. The number of thiophene rings is 1. The van der Waals surface area contributed by atoms with Gasteiger partial charge in [0.15, 0.2) is 18.1 Å². The largest absolute Gasteiger partial charge is 0.493 e. The maximum Gasteiger partial charge on any atom is 0.348 e. The molecule has 0 radical (unpaired) electrons. The molecule has 0 bridgehead atoms. The molecule has 156 valence electrons. The Balaban J connectivity index is 1.54. The van der Waals surface area contributed by atoms with Crippen LogP contribution < -0.4 is 9.47 Å². The highest BCUT2D eigenvalue weighted by molar-refractivity contribution is 7.14. The van der Waals surface area contributed by atoms with Crippen molar-refractivity contribution in [2.45, 2.75) is 32.7 Å². The van der Waals surface area contributed by atoms with E-state index in [-0.39, 0.29) is 12.5 Å². The lowest BCUT2D eigenvalue weighted by Crippen LogP contribution is -2.30. The topological polar surface area (TPSA) is 65.1 Å². The van der Waals surface area contributed by atoms with E-state index in [1.807, 2.05) is 18.2 Å². The molecule has 0 aliphatic heterocycles. The molecule has 0 N–H and O–H groups in total. The van der Waals surface area contributed by atoms with E-state index in [0.29, 0.717) is 28.8 Å². The van der Waals surface area contributed by atoms with Crippen LogP contribution in [0.25, 0.3) is 0 Å². The van der Waals surface area contributed by atoms with Crippen molar-refractivity contribution in [2.24, 2.45) is 5.92 Å². The fourth-order valence-corrected chi connectivity index (χ4v) is 4.56. The van der Waals surface area contributed by atoms with E-state index < -0.39 is 5.97 Å². The number of fused-ring (bicyclic) bond motifs is 1. The number of amides is 1. The molecule has 6 nitrogen and oxygen atoms in total. The molecular weight excluding hydrogens is 390 g/mol. The lowest BCUT2D eigenvalue weighted by atomic mass is 9.90. The minimum absolute atomic E-state index is 0.261. The Hall–Kier alpha value is -2.54. The highest BCUT2D eigenvalue weighted by Gasteiger charge is 2.22. The molecule has 1 amide bonds. The lowest BCUT2D eigenvalue weighted by molar-refractivity contribution is -0.133. The number of benzene rings is 1. The van der Waals surface area contributed by atoms with E-state index in [1.54, 1.807) is 27.3 Å². The van der Waals surface area contributed by atoms with Gasteiger partial charge in [-0.3, -0.25) is 4.79 Å². The van der Waals surface area contributed by atoms with E-state index in [9.17, 15) is 9.59 Å². The minimum Gasteiger partial charge on any atom is -0.493 e. The first kappa shape index (κ1) is 21.2. The Morgan fingerprint density at radius 1 is 1.17 bits per heavy atom. The van der Waals surface area contributed by atoms with E-state index in [4.69, 9.17) is 14.2 Å². The second-order valence-electron chi connectivity index (χ2n) is 7.42. The van der Waals surface area contributed by atoms with Crippen molar-refractivity contribution in [2.75, 3.05) is 27.9 Å². The van der Waals surface area contributed by atoms with Crippen LogP contribution >= 0.6 is 11.3 Å². The highest BCUT2D eigenvalue weighted by Crippen LogP contribution is 2.32. The van der Waals surface area contributed by atoms with Gasteiger partial charge in [0, 0.05) is 18.5 Å². The fraction of sp³-hybridized carbons (Fsp3) is 0.455. The summed E-state index contributed by atoms with van der Waals surface area (Å²) in [6, 6.07) is 7.42. The molecule has 1 aliphatic rings. The molecule has 0 saturated carbocycles. The molecule has 3 rings (SSSR count). The van der Waals surface area contributed by atoms with Gasteiger partial charge in [0.05, 0.1) is 14.2 Å². The average Bonchev–Trinajstić information content (AvgIpc) is 3.14. The number of carbonyl (C=O) groups is 2. The summed E-state index contributed by atoms with van der Waals surface area (Å²) in [5.74, 6) is 1.20. The number of hydrogen-bond donors (Lipinski definition) is 0. The second kappa shape index (κ2) is 9.31. The van der Waals surface area contributed by atoms with Gasteiger partial charge in [0.2, 0.25) is 0 Å². The van der Waals surface area contributed by atoms with Gasteiger partial charge in [-0.1, -0.05) is 13.0 Å². The minimum atomic E-state index is -0.426. The van der Waals surface area contributed by atoms with Crippen molar-refractivity contribution in [3.63, 3.8) is 0 Å². The predicted molar refractivity (Wildman–Crippen MR) is 112 cm³/mol. The second-order valence-corrected chi connectivity index (χ2v) is 8.56. The van der Waals surface area contributed by atoms with Crippen LogP contribution in [-0.4, -0.2) is 44.7 Å². The van der Waals surface area contributed by atoms with Crippen LogP contribution in [0.2, 0.25) is 0 Å². The van der Waals surface area contributed by atoms with Gasteiger partial charge >= 0.3 is 5.97 Å². The number of methoxy groups -OCH3 is 2. The summed E-state index contributed by atoms with van der Waals surface area (Å²) in [6.07, 6.45) is 3.18. The highest BCUT2D eigenvalue weighted by atomic mass is 32.1. The molecule has 1 atom stereocenters. The molecule has 0 spiro atoms. The molecule has 0 fully saturated rings. The first-order valence-electron chi connectivity index (χ1n) is 9.64. The summed E-state index contributed by atoms with van der Waals surface area (Å²) in [6.45, 7) is 2.33. The van der Waals surface area contributed by atoms with Crippen LogP contribution in [0.5, 0.6) is 11.5 Å². The number of likely N-dealkylation sites (N-methyl/N-ethyl adjacent to an activating group) is 1. The molecule has 29 heavy (non-hydrogen) atoms. The molecule has 1 aromatic heterocycles. The van der Waals surface area contributed by atoms with Gasteiger partial charge in [0.25, 0.3) is 5.91 Å². The molecule has 0 saturated heterocycles. The Morgan fingerprint density at radius 2 is 1.93 bits per heavy atom. The molecule has 0 unspecified atom stereocenters.